The number of hydrogen-bond acceptors (Lipinski definition) is 4. The number of aryl methyl sites for hydroxylation is 1. The molecule has 1 saturated heterocycles. The van der Waals surface area contributed by atoms with E-state index in [4.69, 9.17) is 0 Å². The van der Waals surface area contributed by atoms with Crippen LogP contribution in [0.1, 0.15) is 107 Å². The average Bonchev–Trinajstić information content (AvgIpc) is 3.33. The highest BCUT2D eigenvalue weighted by atomic mass is 32.2. The molecule has 9 heteroatoms. The molecule has 1 fully saturated rings. The smallest absolute Gasteiger partial charge is 0.389 e. The Balaban J connectivity index is 1.22. The molecule has 4 rings (SSSR count). The van der Waals surface area contributed by atoms with Crippen molar-refractivity contribution >= 4 is 21.0 Å². The van der Waals surface area contributed by atoms with E-state index < -0.39 is 22.4 Å². The highest BCUT2D eigenvalue weighted by molar-refractivity contribution is 7.91. The van der Waals surface area contributed by atoms with Crippen LogP contribution in [0.5, 0.6) is 5.75 Å². The Kier molecular flexibility index (Phi) is 12.7. The molecule has 0 unspecified atom stereocenters. The van der Waals surface area contributed by atoms with Crippen LogP contribution in [-0.2, 0) is 16.3 Å². The van der Waals surface area contributed by atoms with Crippen molar-refractivity contribution in [2.24, 2.45) is 0 Å². The first-order valence-corrected chi connectivity index (χ1v) is 18.1. The minimum Gasteiger partial charge on any atom is -0.508 e. The number of phenolic OH excluding ortho intramolecular Hbond substituents is 1. The molecule has 2 aromatic carbocycles. The molecule has 4 nitrogen and oxygen atoms in total. The summed E-state index contributed by atoms with van der Waals surface area (Å²) in [7, 11) is -3.31. The van der Waals surface area contributed by atoms with Crippen LogP contribution in [-0.4, -0.2) is 55.2 Å². The first kappa shape index (κ1) is 34.5. The standard InChI is InChI=1S/C35H47F4NO3S/c36-29-17-15-27(16-18-29)32-14-7-10-28-26-31(41)19-20-33(28)34(32)13-3-1-2-5-22-40-23-8-11-30(40)12-9-25-44(42,43)24-6-4-21-35(37,38)39/h15-20,26,30,41H,1-14,21-25H2/t30-/m0/s1. The Bertz CT molecular complexity index is 1340. The van der Waals surface area contributed by atoms with Crippen LogP contribution in [0.3, 0.4) is 0 Å². The van der Waals surface area contributed by atoms with Crippen LogP contribution in [0.2, 0.25) is 0 Å². The lowest BCUT2D eigenvalue weighted by Gasteiger charge is -2.24. The van der Waals surface area contributed by atoms with E-state index >= 15 is 0 Å². The normalized spacial score (nSPS) is 18.0. The largest absolute Gasteiger partial charge is 0.508 e. The number of unbranched alkanes of at least 4 members (excludes halogenated alkanes) is 4. The third-order valence-corrected chi connectivity index (χ3v) is 10.9. The van der Waals surface area contributed by atoms with Gasteiger partial charge in [0.1, 0.15) is 21.4 Å². The van der Waals surface area contributed by atoms with Crippen molar-refractivity contribution in [3.05, 3.63) is 65.0 Å². The van der Waals surface area contributed by atoms with Crippen molar-refractivity contribution in [3.63, 3.8) is 0 Å². The Hall–Kier alpha value is -2.39. The number of hydrogen-bond donors (Lipinski definition) is 1. The van der Waals surface area contributed by atoms with Crippen LogP contribution in [0.15, 0.2) is 42.5 Å². The van der Waals surface area contributed by atoms with Gasteiger partial charge in [-0.15, -0.1) is 0 Å². The summed E-state index contributed by atoms with van der Waals surface area (Å²) in [6.07, 6.45) is 6.43. The maximum Gasteiger partial charge on any atom is 0.389 e. The minimum atomic E-state index is -4.23. The average molecular weight is 638 g/mol. The molecule has 1 aliphatic heterocycles. The van der Waals surface area contributed by atoms with Gasteiger partial charge in [-0.25, -0.2) is 12.8 Å². The summed E-state index contributed by atoms with van der Waals surface area (Å²) in [4.78, 5) is 2.49. The first-order valence-electron chi connectivity index (χ1n) is 16.3. The zero-order chi connectivity index (χ0) is 31.6. The Morgan fingerprint density at radius 2 is 1.61 bits per heavy atom. The Labute approximate surface area is 260 Å². The Morgan fingerprint density at radius 3 is 2.39 bits per heavy atom. The maximum absolute atomic E-state index is 13.7. The molecule has 0 bridgehead atoms. The highest BCUT2D eigenvalue weighted by Gasteiger charge is 2.27. The van der Waals surface area contributed by atoms with Crippen LogP contribution in [0, 0.1) is 5.82 Å². The number of likely N-dealkylation sites (tertiary alicyclic amines) is 1. The Morgan fingerprint density at radius 1 is 0.864 bits per heavy atom. The van der Waals surface area contributed by atoms with Crippen molar-refractivity contribution in [2.45, 2.75) is 109 Å². The molecule has 0 radical (unpaired) electrons. The van der Waals surface area contributed by atoms with Crippen molar-refractivity contribution in [3.8, 4) is 5.75 Å². The summed E-state index contributed by atoms with van der Waals surface area (Å²) >= 11 is 0. The minimum absolute atomic E-state index is 0.0574. The van der Waals surface area contributed by atoms with Crippen molar-refractivity contribution in [1.82, 2.24) is 4.90 Å². The zero-order valence-corrected chi connectivity index (χ0v) is 26.5. The third-order valence-electron chi connectivity index (χ3n) is 9.12. The monoisotopic (exact) mass is 637 g/mol. The number of phenols is 1. The van der Waals surface area contributed by atoms with E-state index in [-0.39, 0.29) is 35.9 Å². The predicted molar refractivity (Wildman–Crippen MR) is 170 cm³/mol. The number of allylic oxidation sites excluding steroid dienone is 2. The fraction of sp³-hybridized carbons (Fsp3) is 0.600. The molecule has 44 heavy (non-hydrogen) atoms. The van der Waals surface area contributed by atoms with Crippen LogP contribution in [0.4, 0.5) is 17.6 Å². The van der Waals surface area contributed by atoms with E-state index in [9.17, 15) is 31.1 Å². The summed E-state index contributed by atoms with van der Waals surface area (Å²) in [5.41, 5.74) is 6.02. The quantitative estimate of drug-likeness (QED) is 0.147. The second kappa shape index (κ2) is 16.3. The van der Waals surface area contributed by atoms with E-state index in [2.05, 4.69) is 4.90 Å². The van der Waals surface area contributed by atoms with Gasteiger partial charge in [0.2, 0.25) is 0 Å². The second-order valence-electron chi connectivity index (χ2n) is 12.5. The second-order valence-corrected chi connectivity index (χ2v) is 14.8. The third kappa shape index (κ3) is 10.9. The fourth-order valence-electron chi connectivity index (χ4n) is 6.88. The molecule has 1 aliphatic carbocycles. The van der Waals surface area contributed by atoms with Gasteiger partial charge in [0.15, 0.2) is 0 Å². The van der Waals surface area contributed by atoms with Gasteiger partial charge in [-0.3, -0.25) is 0 Å². The molecular weight excluding hydrogens is 590 g/mol. The molecule has 0 aromatic heterocycles. The molecule has 1 atom stereocenters. The van der Waals surface area contributed by atoms with E-state index in [1.165, 1.54) is 34.4 Å². The van der Waals surface area contributed by atoms with Gasteiger partial charge in [0, 0.05) is 12.5 Å². The molecule has 244 valence electrons. The van der Waals surface area contributed by atoms with Crippen LogP contribution in [0.25, 0.3) is 11.1 Å². The van der Waals surface area contributed by atoms with E-state index in [1.807, 2.05) is 24.3 Å². The zero-order valence-electron chi connectivity index (χ0n) is 25.7. The van der Waals surface area contributed by atoms with Crippen molar-refractivity contribution in [1.29, 1.82) is 0 Å². The molecule has 2 aromatic rings. The number of aromatic hydroxyl groups is 1. The number of benzene rings is 2. The number of alkyl halides is 3. The summed E-state index contributed by atoms with van der Waals surface area (Å²) in [5.74, 6) is -0.0520. The summed E-state index contributed by atoms with van der Waals surface area (Å²) < 4.78 is 75.1. The molecular formula is C35H47F4NO3S. The molecule has 0 amide bonds. The van der Waals surface area contributed by atoms with E-state index in [1.54, 1.807) is 6.07 Å². The van der Waals surface area contributed by atoms with Gasteiger partial charge in [0.25, 0.3) is 0 Å². The lowest BCUT2D eigenvalue weighted by molar-refractivity contribution is -0.135. The fourth-order valence-corrected chi connectivity index (χ4v) is 8.34. The molecule has 0 spiro atoms. The van der Waals surface area contributed by atoms with Gasteiger partial charge in [-0.05, 0) is 142 Å². The number of sulfone groups is 1. The predicted octanol–water partition coefficient (Wildman–Crippen LogP) is 9.12. The molecule has 0 saturated carbocycles. The van der Waals surface area contributed by atoms with Crippen LogP contribution >= 0.6 is 0 Å². The maximum atomic E-state index is 13.7. The number of nitrogens with zero attached hydrogens (tertiary/aromatic N) is 1. The van der Waals surface area contributed by atoms with E-state index in [0.717, 1.165) is 89.3 Å². The lowest BCUT2D eigenvalue weighted by Crippen LogP contribution is -2.30. The number of halogens is 4. The van der Waals surface area contributed by atoms with Gasteiger partial charge < -0.3 is 10.0 Å². The number of fused-ring (bicyclic) bond motifs is 1. The SMILES string of the molecule is O=S(=O)(CCCCC(F)(F)F)CCC[C@@H]1CCCN1CCCCCCC1=C(c2ccc(F)cc2)CCCc2cc(O)ccc21. The number of rotatable bonds is 16. The van der Waals surface area contributed by atoms with E-state index in [0.29, 0.717) is 12.5 Å². The van der Waals surface area contributed by atoms with Gasteiger partial charge in [-0.1, -0.05) is 31.0 Å². The van der Waals surface area contributed by atoms with Crippen molar-refractivity contribution in [2.75, 3.05) is 24.6 Å². The highest BCUT2D eigenvalue weighted by Crippen LogP contribution is 2.39. The van der Waals surface area contributed by atoms with Gasteiger partial charge in [-0.2, -0.15) is 13.2 Å². The molecule has 2 aliphatic rings. The topological polar surface area (TPSA) is 57.6 Å². The molecule has 1 N–H and O–H groups in total. The summed E-state index contributed by atoms with van der Waals surface area (Å²) in [6, 6.07) is 12.8. The van der Waals surface area contributed by atoms with Crippen LogP contribution < -0.4 is 0 Å². The summed E-state index contributed by atoms with van der Waals surface area (Å²) in [5, 5.41) is 10.1. The van der Waals surface area contributed by atoms with Crippen molar-refractivity contribution < 1.29 is 31.1 Å². The lowest BCUT2D eigenvalue weighted by atomic mass is 9.89. The first-order chi connectivity index (χ1) is 21.0. The summed E-state index contributed by atoms with van der Waals surface area (Å²) in [6.45, 7) is 2.03. The molecule has 1 heterocycles. The van der Waals surface area contributed by atoms with Gasteiger partial charge >= 0.3 is 6.18 Å². The van der Waals surface area contributed by atoms with Gasteiger partial charge in [0.05, 0.1) is 11.5 Å².